The molecule has 0 saturated carbocycles. The second kappa shape index (κ2) is 7.96. The van der Waals surface area contributed by atoms with Gasteiger partial charge < -0.3 is 9.84 Å². The van der Waals surface area contributed by atoms with Crippen LogP contribution in [0.4, 0.5) is 0 Å². The van der Waals surface area contributed by atoms with Crippen LogP contribution in [0.1, 0.15) is 43.6 Å². The van der Waals surface area contributed by atoms with Crippen LogP contribution in [-0.2, 0) is 34.3 Å². The van der Waals surface area contributed by atoms with Gasteiger partial charge in [0.05, 0.1) is 12.0 Å². The molecule has 0 aliphatic heterocycles. The summed E-state index contributed by atoms with van der Waals surface area (Å²) in [4.78, 5) is 30.9. The van der Waals surface area contributed by atoms with Gasteiger partial charge in [0, 0.05) is 24.5 Å². The second-order valence-corrected chi connectivity index (χ2v) is 9.15. The lowest BCUT2D eigenvalue weighted by Gasteiger charge is -2.25. The summed E-state index contributed by atoms with van der Waals surface area (Å²) in [6.07, 6.45) is 4.93. The van der Waals surface area contributed by atoms with Gasteiger partial charge in [-0.15, -0.1) is 11.3 Å². The fourth-order valence-corrected chi connectivity index (χ4v) is 5.14. The van der Waals surface area contributed by atoms with Crippen LogP contribution >= 0.6 is 11.3 Å². The van der Waals surface area contributed by atoms with Crippen molar-refractivity contribution in [1.29, 1.82) is 0 Å². The largest absolute Gasteiger partial charge is 0.480 e. The zero-order chi connectivity index (χ0) is 21.5. The number of carboxylic acid groups (broad SMARTS) is 1. The Labute approximate surface area is 179 Å². The number of aryl methyl sites for hydroxylation is 2. The number of fused-ring (bicyclic) bond motifs is 2. The van der Waals surface area contributed by atoms with Gasteiger partial charge in [-0.05, 0) is 56.2 Å². The Balaban J connectivity index is 1.94. The number of methoxy groups -OCH3 is 1. The predicted octanol–water partition coefficient (Wildman–Crippen LogP) is 4.01. The van der Waals surface area contributed by atoms with Crippen molar-refractivity contribution >= 4 is 27.5 Å². The van der Waals surface area contributed by atoms with E-state index in [1.165, 1.54) is 53.7 Å². The van der Waals surface area contributed by atoms with Crippen LogP contribution < -0.4 is 5.56 Å². The van der Waals surface area contributed by atoms with E-state index in [-0.39, 0.29) is 5.56 Å². The summed E-state index contributed by atoms with van der Waals surface area (Å²) in [6, 6.07) is 6.41. The van der Waals surface area contributed by atoms with E-state index in [1.807, 2.05) is 5.38 Å². The Kier molecular flexibility index (Phi) is 5.51. The van der Waals surface area contributed by atoms with Crippen molar-refractivity contribution in [1.82, 2.24) is 9.55 Å². The third-order valence-electron chi connectivity index (χ3n) is 5.95. The summed E-state index contributed by atoms with van der Waals surface area (Å²) in [6.45, 7) is 3.42. The molecule has 1 aliphatic carbocycles. The molecule has 0 atom stereocenters. The Morgan fingerprint density at radius 2 is 2.00 bits per heavy atom. The van der Waals surface area contributed by atoms with Gasteiger partial charge in [-0.3, -0.25) is 9.36 Å². The maximum absolute atomic E-state index is 13.6. The molecule has 30 heavy (non-hydrogen) atoms. The van der Waals surface area contributed by atoms with E-state index < -0.39 is 11.5 Å². The molecule has 0 spiro atoms. The minimum Gasteiger partial charge on any atom is -0.480 e. The van der Waals surface area contributed by atoms with E-state index in [2.05, 4.69) is 18.2 Å². The summed E-state index contributed by atoms with van der Waals surface area (Å²) < 4.78 is 6.48. The Morgan fingerprint density at radius 3 is 2.70 bits per heavy atom. The molecule has 0 unspecified atom stereocenters. The number of carbonyl (C=O) groups is 1. The van der Waals surface area contributed by atoms with Crippen molar-refractivity contribution < 1.29 is 14.6 Å². The number of nitrogens with zero attached hydrogens (tertiary/aromatic N) is 2. The van der Waals surface area contributed by atoms with Gasteiger partial charge in [-0.25, -0.2) is 9.78 Å². The molecule has 1 aromatic carbocycles. The molecule has 4 rings (SSSR count). The van der Waals surface area contributed by atoms with Gasteiger partial charge in [-0.1, -0.05) is 18.2 Å². The van der Waals surface area contributed by atoms with E-state index in [4.69, 9.17) is 9.72 Å². The highest BCUT2D eigenvalue weighted by molar-refractivity contribution is 7.17. The second-order valence-electron chi connectivity index (χ2n) is 8.30. The van der Waals surface area contributed by atoms with Crippen LogP contribution in [0, 0.1) is 0 Å². The molecule has 0 amide bonds. The smallest absolute Gasteiger partial charge is 0.329 e. The topological polar surface area (TPSA) is 81.4 Å². The van der Waals surface area contributed by atoms with Crippen molar-refractivity contribution in [2.24, 2.45) is 0 Å². The number of benzene rings is 1. The zero-order valence-corrected chi connectivity index (χ0v) is 18.3. The van der Waals surface area contributed by atoms with E-state index in [0.717, 1.165) is 24.0 Å². The fourth-order valence-electron chi connectivity index (χ4n) is 4.18. The summed E-state index contributed by atoms with van der Waals surface area (Å²) in [5, 5.41) is 12.2. The maximum atomic E-state index is 13.6. The van der Waals surface area contributed by atoms with E-state index in [0.29, 0.717) is 29.1 Å². The molecule has 7 heteroatoms. The van der Waals surface area contributed by atoms with Crippen LogP contribution in [0.3, 0.4) is 0 Å². The predicted molar refractivity (Wildman–Crippen MR) is 118 cm³/mol. The molecule has 3 aromatic rings. The van der Waals surface area contributed by atoms with Crippen molar-refractivity contribution in [2.45, 2.75) is 51.5 Å². The quantitative estimate of drug-likeness (QED) is 0.644. The maximum Gasteiger partial charge on any atom is 0.329 e. The molecular weight excluding hydrogens is 400 g/mol. The van der Waals surface area contributed by atoms with Gasteiger partial charge in [-0.2, -0.15) is 0 Å². The highest BCUT2D eigenvalue weighted by atomic mass is 32.1. The summed E-state index contributed by atoms with van der Waals surface area (Å²) >= 11 is 1.42. The minimum atomic E-state index is -1.42. The first-order chi connectivity index (χ1) is 14.3. The number of carboxylic acids is 1. The van der Waals surface area contributed by atoms with Crippen molar-refractivity contribution in [3.8, 4) is 11.1 Å². The molecule has 1 aliphatic rings. The first kappa shape index (κ1) is 20.8. The first-order valence-electron chi connectivity index (χ1n) is 10.2. The first-order valence-corrected chi connectivity index (χ1v) is 11.1. The normalized spacial score (nSPS) is 14.1. The average Bonchev–Trinajstić information content (AvgIpc) is 3.16. The number of thiophene rings is 1. The zero-order valence-electron chi connectivity index (χ0n) is 17.5. The minimum absolute atomic E-state index is 0.313. The van der Waals surface area contributed by atoms with Crippen molar-refractivity contribution in [3.63, 3.8) is 0 Å². The third-order valence-corrected chi connectivity index (χ3v) is 6.82. The molecule has 1 N–H and O–H groups in total. The lowest BCUT2D eigenvalue weighted by Crippen LogP contribution is -2.45. The lowest BCUT2D eigenvalue weighted by molar-refractivity contribution is -0.146. The third kappa shape index (κ3) is 3.46. The number of ether oxygens (including phenoxy) is 1. The fraction of sp³-hybridized carbons (Fsp3) is 0.435. The standard InChI is InChI=1S/C23H26N2O4S/c1-23(2,22(27)28)25-18(10-11-29-3)24-20-19(21(25)26)17(13-30-20)16-9-8-14-6-4-5-7-15(14)12-16/h8-9,12-13H,4-7,10-11H2,1-3H3,(H,27,28). The molecule has 0 saturated heterocycles. The number of aliphatic carboxylic acids is 1. The number of hydrogen-bond donors (Lipinski definition) is 1. The van der Waals surface area contributed by atoms with E-state index >= 15 is 0 Å². The Hall–Kier alpha value is -2.51. The van der Waals surface area contributed by atoms with Crippen LogP contribution in [0.5, 0.6) is 0 Å². The number of aromatic nitrogens is 2. The highest BCUT2D eigenvalue weighted by Gasteiger charge is 2.34. The summed E-state index contributed by atoms with van der Waals surface area (Å²) in [7, 11) is 1.57. The molecule has 158 valence electrons. The van der Waals surface area contributed by atoms with Crippen LogP contribution in [0.25, 0.3) is 21.3 Å². The Bertz CT molecular complexity index is 1180. The van der Waals surface area contributed by atoms with Gasteiger partial charge in [0.25, 0.3) is 5.56 Å². The van der Waals surface area contributed by atoms with Crippen molar-refractivity contribution in [2.75, 3.05) is 13.7 Å². The lowest BCUT2D eigenvalue weighted by atomic mass is 9.89. The van der Waals surface area contributed by atoms with E-state index in [1.54, 1.807) is 7.11 Å². The monoisotopic (exact) mass is 426 g/mol. The highest BCUT2D eigenvalue weighted by Crippen LogP contribution is 2.34. The van der Waals surface area contributed by atoms with Crippen LogP contribution in [0.15, 0.2) is 28.4 Å². The summed E-state index contributed by atoms with van der Waals surface area (Å²) in [5.41, 5.74) is 2.81. The van der Waals surface area contributed by atoms with Crippen molar-refractivity contribution in [3.05, 3.63) is 50.9 Å². The molecule has 2 aromatic heterocycles. The number of hydrogen-bond acceptors (Lipinski definition) is 5. The molecular formula is C23H26N2O4S. The molecule has 6 nitrogen and oxygen atoms in total. The number of rotatable bonds is 6. The van der Waals surface area contributed by atoms with Crippen LogP contribution in [0.2, 0.25) is 0 Å². The Morgan fingerprint density at radius 1 is 1.27 bits per heavy atom. The molecule has 0 radical (unpaired) electrons. The van der Waals surface area contributed by atoms with Gasteiger partial charge in [0.1, 0.15) is 16.2 Å². The van der Waals surface area contributed by atoms with Gasteiger partial charge >= 0.3 is 5.97 Å². The SMILES string of the molecule is COCCc1nc2scc(-c3ccc4c(c3)CCCC4)c2c(=O)n1C(C)(C)C(=O)O. The molecule has 0 bridgehead atoms. The average molecular weight is 427 g/mol. The summed E-state index contributed by atoms with van der Waals surface area (Å²) in [5.74, 6) is -0.643. The van der Waals surface area contributed by atoms with Crippen LogP contribution in [-0.4, -0.2) is 34.3 Å². The van der Waals surface area contributed by atoms with Gasteiger partial charge in [0.15, 0.2) is 0 Å². The van der Waals surface area contributed by atoms with E-state index in [9.17, 15) is 14.7 Å². The molecule has 2 heterocycles. The van der Waals surface area contributed by atoms with Gasteiger partial charge in [0.2, 0.25) is 0 Å². The molecule has 0 fully saturated rings.